The molecule has 0 atom stereocenters. The van der Waals surface area contributed by atoms with Crippen LogP contribution in [0.1, 0.15) is 12.3 Å². The molecule has 0 spiro atoms. The third-order valence-corrected chi connectivity index (χ3v) is 4.36. The molecule has 0 saturated carbocycles. The van der Waals surface area contributed by atoms with Gasteiger partial charge in [0, 0.05) is 13.0 Å². The van der Waals surface area contributed by atoms with Gasteiger partial charge in [-0.2, -0.15) is 0 Å². The van der Waals surface area contributed by atoms with Crippen LogP contribution in [0, 0.1) is 4.84 Å². The Morgan fingerprint density at radius 3 is 2.67 bits per heavy atom. The Balaban J connectivity index is 1.87. The summed E-state index contributed by atoms with van der Waals surface area (Å²) in [7, 11) is -2.00. The van der Waals surface area contributed by atoms with E-state index in [-0.39, 0.29) is 16.3 Å². The second-order valence-electron chi connectivity index (χ2n) is 4.18. The molecular weight excluding hydrogens is 314 g/mol. The standard InChI is InChI=1S/C12H15N3O4S2/c1-18-9-4-6-10(7-5-9)21(16,17)13-8-2-3-11-14-15-12(20)19-11/h4-7,13H,2-3,8H2,1H3,(H,15,20). The quantitative estimate of drug-likeness (QED) is 0.592. The zero-order chi connectivity index (χ0) is 15.3. The fourth-order valence-electron chi connectivity index (χ4n) is 1.65. The van der Waals surface area contributed by atoms with Crippen LogP contribution in [0.25, 0.3) is 0 Å². The number of sulfonamides is 1. The summed E-state index contributed by atoms with van der Waals surface area (Å²) >= 11 is 4.75. The maximum Gasteiger partial charge on any atom is 0.284 e. The van der Waals surface area contributed by atoms with Crippen LogP contribution >= 0.6 is 12.2 Å². The van der Waals surface area contributed by atoms with Crippen molar-refractivity contribution in [2.45, 2.75) is 17.7 Å². The molecule has 0 aliphatic carbocycles. The van der Waals surface area contributed by atoms with Crippen molar-refractivity contribution in [1.29, 1.82) is 0 Å². The van der Waals surface area contributed by atoms with Crippen LogP contribution in [-0.2, 0) is 16.4 Å². The van der Waals surface area contributed by atoms with Crippen LogP contribution in [0.15, 0.2) is 33.6 Å². The molecule has 0 aliphatic rings. The largest absolute Gasteiger partial charge is 0.497 e. The number of aromatic amines is 1. The predicted molar refractivity (Wildman–Crippen MR) is 78.2 cm³/mol. The topological polar surface area (TPSA) is 97.2 Å². The summed E-state index contributed by atoms with van der Waals surface area (Å²) in [5.74, 6) is 1.07. The molecule has 114 valence electrons. The highest BCUT2D eigenvalue weighted by atomic mass is 32.2. The molecule has 0 amide bonds. The van der Waals surface area contributed by atoms with Crippen molar-refractivity contribution in [2.75, 3.05) is 13.7 Å². The Bertz CT molecular complexity index is 734. The molecule has 2 N–H and O–H groups in total. The van der Waals surface area contributed by atoms with Crippen molar-refractivity contribution in [1.82, 2.24) is 14.9 Å². The highest BCUT2D eigenvalue weighted by Crippen LogP contribution is 2.15. The molecule has 1 aromatic heterocycles. The monoisotopic (exact) mass is 329 g/mol. The second kappa shape index (κ2) is 6.83. The van der Waals surface area contributed by atoms with E-state index in [1.165, 1.54) is 19.2 Å². The Morgan fingerprint density at radius 1 is 1.38 bits per heavy atom. The number of methoxy groups -OCH3 is 1. The zero-order valence-corrected chi connectivity index (χ0v) is 13.0. The van der Waals surface area contributed by atoms with Gasteiger partial charge in [-0.3, -0.25) is 0 Å². The van der Waals surface area contributed by atoms with Crippen molar-refractivity contribution in [2.24, 2.45) is 0 Å². The Labute approximate surface area is 127 Å². The van der Waals surface area contributed by atoms with Gasteiger partial charge in [0.1, 0.15) is 5.75 Å². The third-order valence-electron chi connectivity index (χ3n) is 2.71. The minimum atomic E-state index is -3.52. The zero-order valence-electron chi connectivity index (χ0n) is 11.3. The fraction of sp³-hybridized carbons (Fsp3) is 0.333. The van der Waals surface area contributed by atoms with Gasteiger partial charge in [0.25, 0.3) is 4.84 Å². The van der Waals surface area contributed by atoms with E-state index < -0.39 is 10.0 Å². The lowest BCUT2D eigenvalue weighted by Crippen LogP contribution is -2.25. The van der Waals surface area contributed by atoms with E-state index in [1.54, 1.807) is 12.1 Å². The smallest absolute Gasteiger partial charge is 0.284 e. The van der Waals surface area contributed by atoms with Gasteiger partial charge < -0.3 is 9.15 Å². The molecule has 21 heavy (non-hydrogen) atoms. The molecule has 0 fully saturated rings. The highest BCUT2D eigenvalue weighted by Gasteiger charge is 2.13. The third kappa shape index (κ3) is 4.38. The van der Waals surface area contributed by atoms with E-state index in [0.717, 1.165) is 0 Å². The summed E-state index contributed by atoms with van der Waals surface area (Å²) in [4.78, 5) is 0.407. The lowest BCUT2D eigenvalue weighted by Gasteiger charge is -2.06. The van der Waals surface area contributed by atoms with Gasteiger partial charge in [-0.1, -0.05) is 0 Å². The van der Waals surface area contributed by atoms with E-state index in [9.17, 15) is 8.42 Å². The molecule has 0 bridgehead atoms. The lowest BCUT2D eigenvalue weighted by atomic mass is 10.3. The van der Waals surface area contributed by atoms with E-state index in [4.69, 9.17) is 21.4 Å². The van der Waals surface area contributed by atoms with Crippen molar-refractivity contribution in [3.8, 4) is 5.75 Å². The van der Waals surface area contributed by atoms with Gasteiger partial charge in [-0.25, -0.2) is 18.2 Å². The number of hydrogen-bond acceptors (Lipinski definition) is 6. The van der Waals surface area contributed by atoms with Gasteiger partial charge >= 0.3 is 0 Å². The minimum absolute atomic E-state index is 0.195. The second-order valence-corrected chi connectivity index (χ2v) is 6.32. The van der Waals surface area contributed by atoms with Crippen molar-refractivity contribution >= 4 is 22.2 Å². The van der Waals surface area contributed by atoms with Crippen LogP contribution in [0.5, 0.6) is 5.75 Å². The van der Waals surface area contributed by atoms with Crippen LogP contribution in [0.4, 0.5) is 0 Å². The molecule has 1 heterocycles. The molecule has 0 radical (unpaired) electrons. The molecule has 0 unspecified atom stereocenters. The van der Waals surface area contributed by atoms with E-state index in [1.807, 2.05) is 0 Å². The SMILES string of the molecule is COc1ccc(S(=O)(=O)NCCCc2n[nH]c(=S)o2)cc1. The molecule has 2 aromatic rings. The first-order valence-corrected chi connectivity index (χ1v) is 8.08. The number of benzene rings is 1. The first-order valence-electron chi connectivity index (χ1n) is 6.19. The normalized spacial score (nSPS) is 11.5. The van der Waals surface area contributed by atoms with Gasteiger partial charge in [0.2, 0.25) is 15.9 Å². The number of hydrogen-bond donors (Lipinski definition) is 2. The predicted octanol–water partition coefficient (Wildman–Crippen LogP) is 1.65. The summed E-state index contributed by atoms with van der Waals surface area (Å²) in [6, 6.07) is 6.19. The van der Waals surface area contributed by atoms with E-state index >= 15 is 0 Å². The number of nitrogens with zero attached hydrogens (tertiary/aromatic N) is 1. The van der Waals surface area contributed by atoms with Crippen molar-refractivity contribution < 1.29 is 17.6 Å². The van der Waals surface area contributed by atoms with Gasteiger partial charge in [0.15, 0.2) is 0 Å². The number of ether oxygens (including phenoxy) is 1. The number of rotatable bonds is 7. The average Bonchev–Trinajstić information content (AvgIpc) is 2.89. The summed E-state index contributed by atoms with van der Waals surface area (Å²) in [5, 5.41) is 6.35. The van der Waals surface area contributed by atoms with Crippen molar-refractivity contribution in [3.63, 3.8) is 0 Å². The molecule has 2 rings (SSSR count). The van der Waals surface area contributed by atoms with E-state index in [0.29, 0.717) is 24.5 Å². The molecule has 7 nitrogen and oxygen atoms in total. The maximum absolute atomic E-state index is 12.0. The summed E-state index contributed by atoms with van der Waals surface area (Å²) in [6.45, 7) is 0.281. The number of aryl methyl sites for hydroxylation is 1. The molecule has 0 saturated heterocycles. The molecule has 0 aliphatic heterocycles. The van der Waals surface area contributed by atoms with Crippen LogP contribution in [0.2, 0.25) is 0 Å². The minimum Gasteiger partial charge on any atom is -0.497 e. The Morgan fingerprint density at radius 2 is 2.10 bits per heavy atom. The molecule has 9 heteroatoms. The van der Waals surface area contributed by atoms with Crippen LogP contribution < -0.4 is 9.46 Å². The van der Waals surface area contributed by atoms with Crippen LogP contribution in [-0.4, -0.2) is 32.3 Å². The average molecular weight is 329 g/mol. The summed E-state index contributed by atoms with van der Waals surface area (Å²) in [6.07, 6.45) is 1.05. The Hall–Kier alpha value is -1.71. The fourth-order valence-corrected chi connectivity index (χ4v) is 2.87. The van der Waals surface area contributed by atoms with Crippen molar-refractivity contribution in [3.05, 3.63) is 35.0 Å². The van der Waals surface area contributed by atoms with Gasteiger partial charge in [-0.05, 0) is 42.9 Å². The molecular formula is C12H15N3O4S2. The van der Waals surface area contributed by atoms with Gasteiger partial charge in [-0.15, -0.1) is 5.10 Å². The highest BCUT2D eigenvalue weighted by molar-refractivity contribution is 7.89. The lowest BCUT2D eigenvalue weighted by molar-refractivity contribution is 0.414. The summed E-state index contributed by atoms with van der Waals surface area (Å²) in [5.41, 5.74) is 0. The number of H-pyrrole nitrogens is 1. The molecule has 1 aromatic carbocycles. The van der Waals surface area contributed by atoms with Gasteiger partial charge in [0.05, 0.1) is 12.0 Å². The Kier molecular flexibility index (Phi) is 5.10. The number of nitrogens with one attached hydrogen (secondary N) is 2. The van der Waals surface area contributed by atoms with E-state index in [2.05, 4.69) is 14.9 Å². The first-order chi connectivity index (χ1) is 10.0. The first kappa shape index (κ1) is 15.7. The van der Waals surface area contributed by atoms with Crippen LogP contribution in [0.3, 0.4) is 0 Å². The summed E-state index contributed by atoms with van der Waals surface area (Å²) < 4.78 is 36.7. The number of aromatic nitrogens is 2. The maximum atomic E-state index is 12.0.